The summed E-state index contributed by atoms with van der Waals surface area (Å²) in [5.74, 6) is 1.98. The molecule has 8 heteroatoms. The van der Waals surface area contributed by atoms with Crippen molar-refractivity contribution in [2.45, 2.75) is 51.9 Å². The number of rotatable bonds is 4. The molecule has 0 bridgehead atoms. The molecule has 1 aliphatic heterocycles. The number of hydrogen-bond donors (Lipinski definition) is 0. The minimum absolute atomic E-state index is 0.0515. The van der Waals surface area contributed by atoms with Gasteiger partial charge in [-0.3, -0.25) is 4.79 Å². The van der Waals surface area contributed by atoms with Crippen molar-refractivity contribution in [2.75, 3.05) is 13.1 Å². The first kappa shape index (κ1) is 15.6. The molecular weight excluding hydrogens is 298 g/mol. The third-order valence-corrected chi connectivity index (χ3v) is 4.24. The summed E-state index contributed by atoms with van der Waals surface area (Å²) in [5.41, 5.74) is 1.27. The van der Waals surface area contributed by atoms with Crippen LogP contribution in [0.3, 0.4) is 0 Å². The Morgan fingerprint density at radius 2 is 2.00 bits per heavy atom. The first-order valence-electron chi connectivity index (χ1n) is 7.94. The van der Waals surface area contributed by atoms with Gasteiger partial charge in [-0.05, 0) is 19.8 Å². The van der Waals surface area contributed by atoms with Crippen LogP contribution in [0.1, 0.15) is 61.6 Å². The molecule has 0 N–H and O–H groups in total. The molecule has 0 radical (unpaired) electrons. The number of aryl methyl sites for hydroxylation is 1. The molecule has 3 heterocycles. The lowest BCUT2D eigenvalue weighted by Gasteiger charge is -2.30. The monoisotopic (exact) mass is 319 g/mol. The van der Waals surface area contributed by atoms with Gasteiger partial charge in [-0.25, -0.2) is 4.63 Å². The van der Waals surface area contributed by atoms with Gasteiger partial charge in [0.25, 0.3) is 0 Å². The highest BCUT2D eigenvalue weighted by Crippen LogP contribution is 2.28. The summed E-state index contributed by atoms with van der Waals surface area (Å²) < 4.78 is 10.00. The van der Waals surface area contributed by atoms with E-state index in [4.69, 9.17) is 4.52 Å². The van der Waals surface area contributed by atoms with Gasteiger partial charge in [-0.1, -0.05) is 29.3 Å². The average Bonchev–Trinajstić information content (AvgIpc) is 3.17. The number of carbonyl (C=O) groups excluding carboxylic acids is 1. The number of amides is 1. The lowest BCUT2D eigenvalue weighted by molar-refractivity contribution is -0.131. The number of hydrogen-bond acceptors (Lipinski definition) is 7. The van der Waals surface area contributed by atoms with Crippen LogP contribution in [0.25, 0.3) is 0 Å². The molecule has 124 valence electrons. The van der Waals surface area contributed by atoms with Gasteiger partial charge >= 0.3 is 0 Å². The summed E-state index contributed by atoms with van der Waals surface area (Å²) >= 11 is 0. The molecule has 0 atom stereocenters. The second kappa shape index (κ2) is 6.47. The number of likely N-dealkylation sites (tertiary alicyclic amines) is 1. The van der Waals surface area contributed by atoms with E-state index in [0.717, 1.165) is 18.7 Å². The molecule has 1 saturated heterocycles. The molecule has 2 aromatic rings. The molecule has 0 unspecified atom stereocenters. The highest BCUT2D eigenvalue weighted by molar-refractivity contribution is 5.78. The number of aromatic nitrogens is 4. The number of piperidine rings is 1. The third kappa shape index (κ3) is 3.40. The molecule has 2 aromatic heterocycles. The van der Waals surface area contributed by atoms with Crippen molar-refractivity contribution in [2.24, 2.45) is 0 Å². The van der Waals surface area contributed by atoms with E-state index < -0.39 is 0 Å². The van der Waals surface area contributed by atoms with Crippen molar-refractivity contribution in [1.82, 2.24) is 25.4 Å². The normalized spacial score (nSPS) is 16.3. The summed E-state index contributed by atoms with van der Waals surface area (Å²) in [6, 6.07) is 0. The lowest BCUT2D eigenvalue weighted by Crippen LogP contribution is -2.39. The van der Waals surface area contributed by atoms with Crippen molar-refractivity contribution in [3.63, 3.8) is 0 Å². The quantitative estimate of drug-likeness (QED) is 0.847. The zero-order valence-electron chi connectivity index (χ0n) is 13.7. The molecule has 23 heavy (non-hydrogen) atoms. The Hall–Kier alpha value is -2.25. The summed E-state index contributed by atoms with van der Waals surface area (Å²) in [6.07, 6.45) is 1.90. The van der Waals surface area contributed by atoms with Crippen LogP contribution in [0.5, 0.6) is 0 Å². The van der Waals surface area contributed by atoms with Gasteiger partial charge in [0.05, 0.1) is 6.42 Å². The van der Waals surface area contributed by atoms with Crippen molar-refractivity contribution >= 4 is 5.91 Å². The van der Waals surface area contributed by atoms with E-state index in [1.165, 1.54) is 0 Å². The van der Waals surface area contributed by atoms with Crippen molar-refractivity contribution < 1.29 is 13.9 Å². The van der Waals surface area contributed by atoms with E-state index in [2.05, 4.69) is 25.1 Å². The van der Waals surface area contributed by atoms with Crippen LogP contribution in [0.2, 0.25) is 0 Å². The fourth-order valence-electron chi connectivity index (χ4n) is 2.69. The second-order valence-electron chi connectivity index (χ2n) is 6.27. The van der Waals surface area contributed by atoms with Gasteiger partial charge in [-0.15, -0.1) is 0 Å². The third-order valence-electron chi connectivity index (χ3n) is 4.24. The largest absolute Gasteiger partial charge is 0.342 e. The first-order valence-corrected chi connectivity index (χ1v) is 7.94. The standard InChI is InChI=1S/C15H21N5O3/c1-9(2)14-16-15(22-19-14)11-4-6-20(7-5-11)13(21)8-12-10(3)17-23-18-12/h9,11H,4-8H2,1-3H3. The fourth-order valence-corrected chi connectivity index (χ4v) is 2.69. The predicted molar refractivity (Wildman–Crippen MR) is 79.7 cm³/mol. The van der Waals surface area contributed by atoms with Gasteiger partial charge in [0.15, 0.2) is 5.82 Å². The van der Waals surface area contributed by atoms with Crippen molar-refractivity contribution in [3.05, 3.63) is 23.1 Å². The predicted octanol–water partition coefficient (Wildman–Crippen LogP) is 1.83. The summed E-state index contributed by atoms with van der Waals surface area (Å²) in [7, 11) is 0. The Labute approximate surface area is 134 Å². The molecule has 1 aliphatic rings. The van der Waals surface area contributed by atoms with E-state index in [1.807, 2.05) is 18.7 Å². The van der Waals surface area contributed by atoms with Crippen molar-refractivity contribution in [1.29, 1.82) is 0 Å². The molecule has 8 nitrogen and oxygen atoms in total. The van der Waals surface area contributed by atoms with Gasteiger partial charge in [0, 0.05) is 24.9 Å². The van der Waals surface area contributed by atoms with Crippen LogP contribution in [-0.2, 0) is 11.2 Å². The van der Waals surface area contributed by atoms with Crippen molar-refractivity contribution in [3.8, 4) is 0 Å². The van der Waals surface area contributed by atoms with Gasteiger partial charge in [0.1, 0.15) is 11.4 Å². The van der Waals surface area contributed by atoms with E-state index >= 15 is 0 Å². The molecule has 0 saturated carbocycles. The molecule has 0 aromatic carbocycles. The van der Waals surface area contributed by atoms with Crippen LogP contribution in [-0.4, -0.2) is 44.4 Å². The van der Waals surface area contributed by atoms with Gasteiger partial charge in [-0.2, -0.15) is 4.98 Å². The van der Waals surface area contributed by atoms with E-state index in [1.54, 1.807) is 6.92 Å². The highest BCUT2D eigenvalue weighted by atomic mass is 16.6. The molecule has 3 rings (SSSR count). The zero-order chi connectivity index (χ0) is 16.4. The molecule has 1 fully saturated rings. The number of nitrogens with zero attached hydrogens (tertiary/aromatic N) is 5. The zero-order valence-corrected chi connectivity index (χ0v) is 13.7. The topological polar surface area (TPSA) is 98.2 Å². The summed E-state index contributed by atoms with van der Waals surface area (Å²) in [5, 5.41) is 11.5. The lowest BCUT2D eigenvalue weighted by atomic mass is 9.96. The van der Waals surface area contributed by atoms with E-state index in [-0.39, 0.29) is 24.2 Å². The SMILES string of the molecule is Cc1nonc1CC(=O)N1CCC(c2nc(C(C)C)no2)CC1. The molecule has 0 spiro atoms. The number of carbonyl (C=O) groups is 1. The Kier molecular flexibility index (Phi) is 4.40. The molecule has 0 aliphatic carbocycles. The Morgan fingerprint density at radius 3 is 2.57 bits per heavy atom. The second-order valence-corrected chi connectivity index (χ2v) is 6.27. The highest BCUT2D eigenvalue weighted by Gasteiger charge is 2.28. The van der Waals surface area contributed by atoms with Crippen LogP contribution < -0.4 is 0 Å². The Balaban J connectivity index is 1.55. The van der Waals surface area contributed by atoms with E-state index in [9.17, 15) is 4.79 Å². The average molecular weight is 319 g/mol. The molecule has 1 amide bonds. The Morgan fingerprint density at radius 1 is 1.26 bits per heavy atom. The van der Waals surface area contributed by atoms with Crippen LogP contribution in [0, 0.1) is 6.92 Å². The maximum Gasteiger partial charge on any atom is 0.229 e. The van der Waals surface area contributed by atoms with Crippen LogP contribution in [0.4, 0.5) is 0 Å². The Bertz CT molecular complexity index is 670. The maximum absolute atomic E-state index is 12.3. The van der Waals surface area contributed by atoms with Crippen LogP contribution >= 0.6 is 0 Å². The summed E-state index contributed by atoms with van der Waals surface area (Å²) in [6.45, 7) is 7.24. The maximum atomic E-state index is 12.3. The minimum atomic E-state index is 0.0515. The first-order chi connectivity index (χ1) is 11.0. The smallest absolute Gasteiger partial charge is 0.229 e. The minimum Gasteiger partial charge on any atom is -0.342 e. The van der Waals surface area contributed by atoms with Crippen LogP contribution in [0.15, 0.2) is 9.15 Å². The fraction of sp³-hybridized carbons (Fsp3) is 0.667. The van der Waals surface area contributed by atoms with Gasteiger partial charge in [0.2, 0.25) is 11.8 Å². The molecular formula is C15H21N5O3. The van der Waals surface area contributed by atoms with E-state index in [0.29, 0.717) is 30.4 Å². The summed E-state index contributed by atoms with van der Waals surface area (Å²) in [4.78, 5) is 18.6. The van der Waals surface area contributed by atoms with Gasteiger partial charge < -0.3 is 9.42 Å².